The van der Waals surface area contributed by atoms with E-state index >= 15 is 0 Å². The van der Waals surface area contributed by atoms with Gasteiger partial charge < -0.3 is 4.74 Å². The van der Waals surface area contributed by atoms with Gasteiger partial charge in [0.15, 0.2) is 0 Å². The highest BCUT2D eigenvalue weighted by Crippen LogP contribution is 2.41. The quantitative estimate of drug-likeness (QED) is 0.258. The molecule has 0 atom stereocenters. The van der Waals surface area contributed by atoms with Crippen molar-refractivity contribution in [1.29, 1.82) is 0 Å². The van der Waals surface area contributed by atoms with Gasteiger partial charge in [-0.15, -0.1) is 11.8 Å². The number of carbonyl (C=O) groups is 1. The SMILES string of the molecule is CCOC(=O)CSc1cc(-c2c(Cl)cc(C(F)(F)F)n3ccnc23)c(F)cc1Cl. The molecule has 0 aliphatic rings. The van der Waals surface area contributed by atoms with E-state index in [1.54, 1.807) is 6.92 Å². The number of imidazole rings is 1. The average Bonchev–Trinajstić information content (AvgIpc) is 3.09. The minimum absolute atomic E-state index is 0.0168. The molecule has 29 heavy (non-hydrogen) atoms. The number of hydrogen-bond acceptors (Lipinski definition) is 4. The molecule has 1 aromatic carbocycles. The predicted molar refractivity (Wildman–Crippen MR) is 103 cm³/mol. The first-order valence-electron chi connectivity index (χ1n) is 8.14. The van der Waals surface area contributed by atoms with Crippen molar-refractivity contribution in [3.63, 3.8) is 0 Å². The summed E-state index contributed by atoms with van der Waals surface area (Å²) >= 11 is 13.2. The third-order valence-electron chi connectivity index (χ3n) is 3.86. The first-order chi connectivity index (χ1) is 13.6. The van der Waals surface area contributed by atoms with E-state index in [1.807, 2.05) is 0 Å². The van der Waals surface area contributed by atoms with E-state index in [9.17, 15) is 22.4 Å². The number of ether oxygens (including phenoxy) is 1. The van der Waals surface area contributed by atoms with Crippen LogP contribution in [0.3, 0.4) is 0 Å². The van der Waals surface area contributed by atoms with Crippen molar-refractivity contribution < 1.29 is 27.1 Å². The number of thioether (sulfide) groups is 1. The maximum atomic E-state index is 14.7. The van der Waals surface area contributed by atoms with Crippen LogP contribution in [0.15, 0.2) is 35.5 Å². The highest BCUT2D eigenvalue weighted by atomic mass is 35.5. The molecule has 4 nitrogen and oxygen atoms in total. The number of aromatic nitrogens is 2. The number of benzene rings is 1. The van der Waals surface area contributed by atoms with Crippen molar-refractivity contribution in [3.05, 3.63) is 52.1 Å². The standard InChI is InChI=1S/C18H12Cl2F4N2O2S/c1-2-28-15(27)8-29-13-5-9(12(21)6-10(13)19)16-11(20)7-14(18(22,23)24)26-4-3-25-17(16)26/h3-7H,2,8H2,1H3. The third kappa shape index (κ3) is 4.46. The molecule has 0 N–H and O–H groups in total. The molecular formula is C18H12Cl2F4N2O2S. The van der Waals surface area contributed by atoms with Crippen molar-refractivity contribution in [2.75, 3.05) is 12.4 Å². The highest BCUT2D eigenvalue weighted by Gasteiger charge is 2.35. The lowest BCUT2D eigenvalue weighted by atomic mass is 10.1. The van der Waals surface area contributed by atoms with Gasteiger partial charge in [0.25, 0.3) is 0 Å². The van der Waals surface area contributed by atoms with Crippen molar-refractivity contribution >= 4 is 46.6 Å². The van der Waals surface area contributed by atoms with Gasteiger partial charge in [0.1, 0.15) is 17.2 Å². The van der Waals surface area contributed by atoms with Crippen LogP contribution < -0.4 is 0 Å². The Morgan fingerprint density at radius 1 is 1.24 bits per heavy atom. The first kappa shape index (κ1) is 21.7. The normalized spacial score (nSPS) is 11.8. The van der Waals surface area contributed by atoms with Gasteiger partial charge in [-0.2, -0.15) is 13.2 Å². The van der Waals surface area contributed by atoms with Gasteiger partial charge in [-0.25, -0.2) is 9.37 Å². The molecule has 0 spiro atoms. The fraction of sp³-hybridized carbons (Fsp3) is 0.222. The summed E-state index contributed by atoms with van der Waals surface area (Å²) in [5.74, 6) is -1.34. The Morgan fingerprint density at radius 2 is 1.97 bits per heavy atom. The number of carbonyl (C=O) groups excluding carboxylic acids is 1. The van der Waals surface area contributed by atoms with Crippen molar-refractivity contribution in [3.8, 4) is 11.1 Å². The summed E-state index contributed by atoms with van der Waals surface area (Å²) in [6.45, 7) is 1.87. The first-order valence-corrected chi connectivity index (χ1v) is 9.88. The molecule has 0 amide bonds. The Hall–Kier alpha value is -1.97. The Kier molecular flexibility index (Phi) is 6.30. The zero-order valence-electron chi connectivity index (χ0n) is 14.7. The van der Waals surface area contributed by atoms with Crippen molar-refractivity contribution in [2.45, 2.75) is 18.0 Å². The number of alkyl halides is 3. The molecular weight excluding hydrogens is 455 g/mol. The van der Waals surface area contributed by atoms with Gasteiger partial charge >= 0.3 is 12.1 Å². The van der Waals surface area contributed by atoms with Crippen LogP contribution in [0, 0.1) is 5.82 Å². The minimum atomic E-state index is -4.68. The summed E-state index contributed by atoms with van der Waals surface area (Å²) in [5, 5.41) is -0.276. The van der Waals surface area contributed by atoms with E-state index in [4.69, 9.17) is 27.9 Å². The zero-order chi connectivity index (χ0) is 21.3. The van der Waals surface area contributed by atoms with Crippen LogP contribution in [0.4, 0.5) is 17.6 Å². The van der Waals surface area contributed by atoms with Crippen LogP contribution in [0.25, 0.3) is 16.8 Å². The molecule has 2 aromatic heterocycles. The molecule has 0 saturated heterocycles. The molecule has 11 heteroatoms. The second-order valence-electron chi connectivity index (χ2n) is 5.73. The van der Waals surface area contributed by atoms with Crippen molar-refractivity contribution in [1.82, 2.24) is 9.38 Å². The maximum absolute atomic E-state index is 14.7. The number of halogens is 6. The smallest absolute Gasteiger partial charge is 0.431 e. The van der Waals surface area contributed by atoms with Crippen LogP contribution in [-0.4, -0.2) is 27.7 Å². The Bertz CT molecular complexity index is 1090. The zero-order valence-corrected chi connectivity index (χ0v) is 17.0. The number of nitrogens with zero attached hydrogens (tertiary/aromatic N) is 2. The molecule has 0 aliphatic heterocycles. The molecule has 0 fully saturated rings. The summed E-state index contributed by atoms with van der Waals surface area (Å²) in [7, 11) is 0. The van der Waals surface area contributed by atoms with E-state index in [0.717, 1.165) is 34.6 Å². The van der Waals surface area contributed by atoms with Crippen LogP contribution in [-0.2, 0) is 15.7 Å². The van der Waals surface area contributed by atoms with E-state index in [-0.39, 0.29) is 39.2 Å². The van der Waals surface area contributed by atoms with E-state index in [2.05, 4.69) is 4.98 Å². The molecule has 154 valence electrons. The molecule has 0 unspecified atom stereocenters. The van der Waals surface area contributed by atoms with Crippen LogP contribution in [0.2, 0.25) is 10.0 Å². The lowest BCUT2D eigenvalue weighted by Gasteiger charge is -2.15. The molecule has 3 rings (SSSR count). The van der Waals surface area contributed by atoms with Gasteiger partial charge in [0.2, 0.25) is 0 Å². The number of fused-ring (bicyclic) bond motifs is 1. The molecule has 3 aromatic rings. The number of rotatable bonds is 5. The molecule has 0 saturated carbocycles. The highest BCUT2D eigenvalue weighted by molar-refractivity contribution is 8.00. The summed E-state index contributed by atoms with van der Waals surface area (Å²) < 4.78 is 60.2. The lowest BCUT2D eigenvalue weighted by molar-refractivity contribution is -0.142. The van der Waals surface area contributed by atoms with Crippen molar-refractivity contribution in [2.24, 2.45) is 0 Å². The van der Waals surface area contributed by atoms with Crippen LogP contribution in [0.1, 0.15) is 12.6 Å². The molecule has 0 aliphatic carbocycles. The van der Waals surface area contributed by atoms with Gasteiger partial charge in [-0.3, -0.25) is 9.20 Å². The summed E-state index contributed by atoms with van der Waals surface area (Å²) in [4.78, 5) is 15.8. The van der Waals surface area contributed by atoms with Gasteiger partial charge in [-0.1, -0.05) is 23.2 Å². The summed E-state index contributed by atoms with van der Waals surface area (Å²) in [5.41, 5.74) is -1.30. The molecule has 2 heterocycles. The number of hydrogen-bond donors (Lipinski definition) is 0. The lowest BCUT2D eigenvalue weighted by Crippen LogP contribution is -2.12. The maximum Gasteiger partial charge on any atom is 0.431 e. The van der Waals surface area contributed by atoms with E-state index in [1.165, 1.54) is 6.07 Å². The van der Waals surface area contributed by atoms with Crippen LogP contribution in [0.5, 0.6) is 0 Å². The Morgan fingerprint density at radius 3 is 2.62 bits per heavy atom. The summed E-state index contributed by atoms with van der Waals surface area (Å²) in [6.07, 6.45) is -2.41. The molecule has 0 radical (unpaired) electrons. The number of esters is 1. The third-order valence-corrected chi connectivity index (χ3v) is 5.61. The Balaban J connectivity index is 2.13. The van der Waals surface area contributed by atoms with E-state index in [0.29, 0.717) is 11.0 Å². The monoisotopic (exact) mass is 466 g/mol. The van der Waals surface area contributed by atoms with Gasteiger partial charge in [0, 0.05) is 28.4 Å². The predicted octanol–water partition coefficient (Wildman–Crippen LogP) is 6.12. The fourth-order valence-electron chi connectivity index (χ4n) is 2.69. The topological polar surface area (TPSA) is 43.6 Å². The molecule has 0 bridgehead atoms. The van der Waals surface area contributed by atoms with Gasteiger partial charge in [0.05, 0.1) is 22.4 Å². The second-order valence-corrected chi connectivity index (χ2v) is 7.56. The van der Waals surface area contributed by atoms with Gasteiger partial charge in [-0.05, 0) is 25.1 Å². The van der Waals surface area contributed by atoms with Crippen LogP contribution >= 0.6 is 35.0 Å². The van der Waals surface area contributed by atoms with E-state index < -0.39 is 23.7 Å². The average molecular weight is 467 g/mol. The Labute approximate surface area is 176 Å². The largest absolute Gasteiger partial charge is 0.465 e. The fourth-order valence-corrected chi connectivity index (χ4v) is 4.05. The minimum Gasteiger partial charge on any atom is -0.465 e. The number of pyridine rings is 1. The summed E-state index contributed by atoms with van der Waals surface area (Å²) in [6, 6.07) is 3.05. The second kappa shape index (κ2) is 8.41.